The van der Waals surface area contributed by atoms with Gasteiger partial charge in [0.05, 0.1) is 0 Å². The third-order valence-corrected chi connectivity index (χ3v) is 2.25. The monoisotopic (exact) mass is 163 g/mol. The van der Waals surface area contributed by atoms with Crippen LogP contribution in [0.4, 0.5) is 0 Å². The van der Waals surface area contributed by atoms with E-state index < -0.39 is 5.91 Å². The van der Waals surface area contributed by atoms with Crippen molar-refractivity contribution in [2.24, 2.45) is 0 Å². The van der Waals surface area contributed by atoms with Crippen molar-refractivity contribution in [3.63, 3.8) is 0 Å². The zero-order valence-electron chi connectivity index (χ0n) is 6.81. The molecule has 3 nitrogen and oxygen atoms in total. The van der Waals surface area contributed by atoms with Gasteiger partial charge in [0.25, 0.3) is 11.7 Å². The second kappa shape index (κ2) is 2.30. The predicted molar refractivity (Wildman–Crippen MR) is 43.2 cm³/mol. The summed E-state index contributed by atoms with van der Waals surface area (Å²) in [5.41, 5.74) is 2.34. The Hall–Kier alpha value is -1.38. The molecule has 1 saturated heterocycles. The van der Waals surface area contributed by atoms with Crippen molar-refractivity contribution in [1.82, 2.24) is 5.32 Å². The van der Waals surface area contributed by atoms with Crippen LogP contribution in [0.25, 0.3) is 0 Å². The fourth-order valence-corrected chi connectivity index (χ4v) is 1.61. The van der Waals surface area contributed by atoms with Crippen LogP contribution in [-0.4, -0.2) is 11.7 Å². The van der Waals surface area contributed by atoms with E-state index in [1.165, 1.54) is 0 Å². The van der Waals surface area contributed by atoms with Gasteiger partial charge in [-0.25, -0.2) is 0 Å². The minimum atomic E-state index is -0.488. The van der Waals surface area contributed by atoms with Crippen molar-refractivity contribution in [3.05, 3.63) is 22.9 Å². The number of allylic oxidation sites excluding steroid dienone is 3. The summed E-state index contributed by atoms with van der Waals surface area (Å²) in [6.07, 6.45) is 3.71. The Balaban J connectivity index is 2.55. The Bertz CT molecular complexity index is 336. The van der Waals surface area contributed by atoms with E-state index in [0.29, 0.717) is 11.3 Å². The Kier molecular flexibility index (Phi) is 1.40. The molecule has 0 radical (unpaired) electrons. The largest absolute Gasteiger partial charge is 0.319 e. The second-order valence-corrected chi connectivity index (χ2v) is 3.10. The molecule has 1 aliphatic carbocycles. The molecule has 2 aliphatic rings. The van der Waals surface area contributed by atoms with Gasteiger partial charge < -0.3 is 5.32 Å². The maximum Gasteiger partial charge on any atom is 0.296 e. The number of ketones is 1. The minimum Gasteiger partial charge on any atom is -0.319 e. The number of hydrogen-bond donors (Lipinski definition) is 1. The third-order valence-electron chi connectivity index (χ3n) is 2.25. The Morgan fingerprint density at radius 2 is 2.17 bits per heavy atom. The van der Waals surface area contributed by atoms with Gasteiger partial charge in [0.2, 0.25) is 0 Å². The first-order valence-corrected chi connectivity index (χ1v) is 3.96. The molecule has 1 N–H and O–H groups in total. The Labute approximate surface area is 70.1 Å². The number of carbonyl (C=O) groups excluding carboxylic acids is 2. The highest BCUT2D eigenvalue weighted by Crippen LogP contribution is 2.27. The van der Waals surface area contributed by atoms with E-state index in [-0.39, 0.29) is 5.78 Å². The molecule has 1 aliphatic heterocycles. The van der Waals surface area contributed by atoms with Gasteiger partial charge in [0, 0.05) is 11.3 Å². The van der Waals surface area contributed by atoms with E-state index in [0.717, 1.165) is 18.4 Å². The smallest absolute Gasteiger partial charge is 0.296 e. The van der Waals surface area contributed by atoms with Gasteiger partial charge in [0.15, 0.2) is 0 Å². The van der Waals surface area contributed by atoms with Crippen LogP contribution in [-0.2, 0) is 9.59 Å². The van der Waals surface area contributed by atoms with Crippen molar-refractivity contribution in [1.29, 1.82) is 0 Å². The molecule has 62 valence electrons. The van der Waals surface area contributed by atoms with Gasteiger partial charge in [-0.3, -0.25) is 9.59 Å². The molecule has 0 bridgehead atoms. The standard InChI is InChI=1S/C9H9NO2/c1-5-3-2-4-6-7(5)8(11)9(12)10-6/h4H,2-3H2,1H3,(H,10,12). The number of rotatable bonds is 0. The normalized spacial score (nSPS) is 22.2. The number of amides is 1. The number of nitrogens with one attached hydrogen (secondary N) is 1. The summed E-state index contributed by atoms with van der Waals surface area (Å²) < 4.78 is 0. The minimum absolute atomic E-state index is 0.376. The maximum atomic E-state index is 11.2. The van der Waals surface area contributed by atoms with Crippen molar-refractivity contribution in [2.75, 3.05) is 0 Å². The molecule has 0 aromatic rings. The quantitative estimate of drug-likeness (QED) is 0.534. The van der Waals surface area contributed by atoms with Gasteiger partial charge in [-0.15, -0.1) is 0 Å². The lowest BCUT2D eigenvalue weighted by molar-refractivity contribution is -0.133. The van der Waals surface area contributed by atoms with E-state index in [2.05, 4.69) is 5.32 Å². The molecule has 0 unspecified atom stereocenters. The Morgan fingerprint density at radius 1 is 1.42 bits per heavy atom. The van der Waals surface area contributed by atoms with Crippen LogP contribution in [0.3, 0.4) is 0 Å². The molecule has 0 aromatic carbocycles. The summed E-state index contributed by atoms with van der Waals surface area (Å²) in [7, 11) is 0. The van der Waals surface area contributed by atoms with E-state index in [9.17, 15) is 9.59 Å². The summed E-state index contributed by atoms with van der Waals surface area (Å²) in [4.78, 5) is 22.2. The van der Waals surface area contributed by atoms with E-state index in [4.69, 9.17) is 0 Å². The first-order chi connectivity index (χ1) is 5.70. The predicted octanol–water partition coefficient (Wildman–Crippen LogP) is 0.679. The summed E-state index contributed by atoms with van der Waals surface area (Å²) >= 11 is 0. The van der Waals surface area contributed by atoms with E-state index in [1.54, 1.807) is 0 Å². The van der Waals surface area contributed by atoms with Crippen molar-refractivity contribution < 1.29 is 9.59 Å². The molecular formula is C9H9NO2. The van der Waals surface area contributed by atoms with Crippen molar-refractivity contribution in [2.45, 2.75) is 19.8 Å². The van der Waals surface area contributed by atoms with Crippen LogP contribution >= 0.6 is 0 Å². The average Bonchev–Trinajstić information content (AvgIpc) is 2.29. The van der Waals surface area contributed by atoms with E-state index in [1.807, 2.05) is 13.0 Å². The average molecular weight is 163 g/mol. The lowest BCUT2D eigenvalue weighted by atomic mass is 9.96. The molecule has 1 amide bonds. The first-order valence-electron chi connectivity index (χ1n) is 3.96. The molecule has 1 heterocycles. The lowest BCUT2D eigenvalue weighted by Crippen LogP contribution is -2.17. The third kappa shape index (κ3) is 0.826. The van der Waals surface area contributed by atoms with Crippen LogP contribution in [0.5, 0.6) is 0 Å². The molecule has 12 heavy (non-hydrogen) atoms. The zero-order valence-corrected chi connectivity index (χ0v) is 6.81. The number of carbonyl (C=O) groups is 2. The molecule has 1 fully saturated rings. The molecule has 0 saturated carbocycles. The second-order valence-electron chi connectivity index (χ2n) is 3.10. The molecule has 2 rings (SSSR count). The van der Waals surface area contributed by atoms with Crippen LogP contribution in [0, 0.1) is 0 Å². The fourth-order valence-electron chi connectivity index (χ4n) is 1.61. The molecule has 0 atom stereocenters. The van der Waals surface area contributed by atoms with Crippen molar-refractivity contribution in [3.8, 4) is 0 Å². The molecule has 0 aromatic heterocycles. The first kappa shape index (κ1) is 7.28. The Morgan fingerprint density at radius 3 is 2.83 bits per heavy atom. The lowest BCUT2D eigenvalue weighted by Gasteiger charge is -2.09. The number of hydrogen-bond acceptors (Lipinski definition) is 2. The number of Topliss-reactive ketones (excluding diaryl/α,β-unsaturated/α-hetero) is 1. The summed E-state index contributed by atoms with van der Waals surface area (Å²) in [6, 6.07) is 0. The van der Waals surface area contributed by atoms with Crippen LogP contribution < -0.4 is 5.32 Å². The SMILES string of the molecule is CC1=C2C(=O)C(=O)NC2=CCC1. The molecule has 0 spiro atoms. The van der Waals surface area contributed by atoms with Crippen LogP contribution in [0.1, 0.15) is 19.8 Å². The van der Waals surface area contributed by atoms with Crippen LogP contribution in [0.15, 0.2) is 22.9 Å². The van der Waals surface area contributed by atoms with Gasteiger partial charge in [-0.05, 0) is 19.8 Å². The highest BCUT2D eigenvalue weighted by molar-refractivity contribution is 6.47. The zero-order chi connectivity index (χ0) is 8.72. The number of fused-ring (bicyclic) bond motifs is 1. The summed E-state index contributed by atoms with van der Waals surface area (Å²) in [5.74, 6) is -0.865. The highest BCUT2D eigenvalue weighted by atomic mass is 16.2. The molecule has 3 heteroatoms. The summed E-state index contributed by atoms with van der Waals surface area (Å²) in [6.45, 7) is 1.90. The summed E-state index contributed by atoms with van der Waals surface area (Å²) in [5, 5.41) is 2.55. The van der Waals surface area contributed by atoms with Crippen molar-refractivity contribution >= 4 is 11.7 Å². The highest BCUT2D eigenvalue weighted by Gasteiger charge is 2.33. The van der Waals surface area contributed by atoms with Gasteiger partial charge >= 0.3 is 0 Å². The van der Waals surface area contributed by atoms with Gasteiger partial charge in [-0.2, -0.15) is 0 Å². The maximum absolute atomic E-state index is 11.2. The molecular weight excluding hydrogens is 154 g/mol. The topological polar surface area (TPSA) is 46.2 Å². The fraction of sp³-hybridized carbons (Fsp3) is 0.333. The van der Waals surface area contributed by atoms with Gasteiger partial charge in [-0.1, -0.05) is 11.6 Å². The van der Waals surface area contributed by atoms with Crippen LogP contribution in [0.2, 0.25) is 0 Å². The van der Waals surface area contributed by atoms with Gasteiger partial charge in [0.1, 0.15) is 0 Å². The van der Waals surface area contributed by atoms with E-state index >= 15 is 0 Å².